The summed E-state index contributed by atoms with van der Waals surface area (Å²) in [6.45, 7) is 6.88. The van der Waals surface area contributed by atoms with Crippen LogP contribution in [0.4, 0.5) is 0 Å². The Balaban J connectivity index is 1.66. The molecule has 27 heavy (non-hydrogen) atoms. The minimum Gasteiger partial charge on any atom is -0.375 e. The van der Waals surface area contributed by atoms with Gasteiger partial charge in [-0.2, -0.15) is 0 Å². The Labute approximate surface area is 160 Å². The number of piperidine rings is 1. The van der Waals surface area contributed by atoms with Crippen LogP contribution in [0.2, 0.25) is 0 Å². The number of fused-ring (bicyclic) bond motifs is 2. The van der Waals surface area contributed by atoms with Crippen LogP contribution in [0.1, 0.15) is 25.6 Å². The zero-order valence-electron chi connectivity index (χ0n) is 16.2. The topological polar surface area (TPSA) is 50.6 Å². The van der Waals surface area contributed by atoms with Gasteiger partial charge in [0, 0.05) is 33.3 Å². The number of hydrogen-bond acceptors (Lipinski definition) is 4. The van der Waals surface area contributed by atoms with Gasteiger partial charge in [-0.05, 0) is 24.9 Å². The summed E-state index contributed by atoms with van der Waals surface area (Å²) in [6, 6.07) is 10.5. The number of methoxy groups -OCH3 is 1. The highest BCUT2D eigenvalue weighted by atomic mass is 16.5. The van der Waals surface area contributed by atoms with Crippen molar-refractivity contribution in [3.05, 3.63) is 42.4 Å². The molecular weight excluding hydrogens is 340 g/mol. The number of amides is 1. The van der Waals surface area contributed by atoms with Crippen molar-refractivity contribution >= 4 is 5.91 Å². The first-order valence-corrected chi connectivity index (χ1v) is 9.83. The zero-order chi connectivity index (χ0) is 18.9. The van der Waals surface area contributed by atoms with Crippen LogP contribution in [-0.2, 0) is 21.6 Å². The molecule has 1 aromatic carbocycles. The number of imidazole rings is 1. The Morgan fingerprint density at radius 3 is 2.56 bits per heavy atom. The molecule has 2 aromatic rings. The van der Waals surface area contributed by atoms with Gasteiger partial charge in [0.15, 0.2) is 0 Å². The van der Waals surface area contributed by atoms with Crippen molar-refractivity contribution in [1.82, 2.24) is 19.4 Å². The molecule has 4 rings (SSSR count). The molecule has 0 aliphatic carbocycles. The van der Waals surface area contributed by atoms with E-state index in [1.54, 1.807) is 7.11 Å². The van der Waals surface area contributed by atoms with Crippen molar-refractivity contribution < 1.29 is 9.53 Å². The largest absolute Gasteiger partial charge is 0.375 e. The Hall–Kier alpha value is -2.18. The van der Waals surface area contributed by atoms with Gasteiger partial charge in [0.05, 0.1) is 17.4 Å². The van der Waals surface area contributed by atoms with Gasteiger partial charge >= 0.3 is 0 Å². The molecule has 2 aliphatic heterocycles. The number of aromatic nitrogens is 2. The molecule has 3 heterocycles. The molecule has 6 nitrogen and oxygen atoms in total. The van der Waals surface area contributed by atoms with Crippen molar-refractivity contribution in [2.75, 3.05) is 39.9 Å². The number of benzene rings is 1. The molecule has 2 aliphatic rings. The molecule has 0 unspecified atom stereocenters. The fraction of sp³-hybridized carbons (Fsp3) is 0.524. The van der Waals surface area contributed by atoms with Gasteiger partial charge in [-0.25, -0.2) is 4.98 Å². The fourth-order valence-electron chi connectivity index (χ4n) is 4.73. The van der Waals surface area contributed by atoms with Gasteiger partial charge < -0.3 is 14.2 Å². The van der Waals surface area contributed by atoms with Crippen molar-refractivity contribution in [2.24, 2.45) is 0 Å². The van der Waals surface area contributed by atoms with E-state index in [9.17, 15) is 4.79 Å². The highest BCUT2D eigenvalue weighted by Crippen LogP contribution is 2.42. The lowest BCUT2D eigenvalue weighted by atomic mass is 9.83. The SMILES string of the molecule is CCN1CCn2c(-c3ccccc3)cnc2C12CCN(C(=O)COC)CC2. The van der Waals surface area contributed by atoms with Gasteiger partial charge in [-0.3, -0.25) is 9.69 Å². The molecule has 1 saturated heterocycles. The van der Waals surface area contributed by atoms with Gasteiger partial charge in [-0.15, -0.1) is 0 Å². The standard InChI is InChI=1S/C21H28N4O2/c1-3-24-13-14-25-18(17-7-5-4-6-8-17)15-22-20(25)21(24)9-11-23(12-10-21)19(26)16-27-2/h4-8,15H,3,9-14,16H2,1-2H3. The summed E-state index contributed by atoms with van der Waals surface area (Å²) in [4.78, 5) is 21.6. The highest BCUT2D eigenvalue weighted by Gasteiger charge is 2.47. The molecule has 6 heteroatoms. The molecule has 1 aromatic heterocycles. The van der Waals surface area contributed by atoms with E-state index in [1.807, 2.05) is 17.2 Å². The molecule has 144 valence electrons. The second-order valence-electron chi connectivity index (χ2n) is 7.41. The number of ether oxygens (including phenoxy) is 1. The first-order valence-electron chi connectivity index (χ1n) is 9.83. The maximum absolute atomic E-state index is 12.2. The Bertz CT molecular complexity index is 794. The highest BCUT2D eigenvalue weighted by molar-refractivity contribution is 5.77. The van der Waals surface area contributed by atoms with Crippen molar-refractivity contribution in [2.45, 2.75) is 31.8 Å². The van der Waals surface area contributed by atoms with Crippen LogP contribution in [0.25, 0.3) is 11.3 Å². The van der Waals surface area contributed by atoms with Gasteiger partial charge in [0.2, 0.25) is 5.91 Å². The molecule has 0 radical (unpaired) electrons. The smallest absolute Gasteiger partial charge is 0.248 e. The second kappa shape index (κ2) is 7.44. The lowest BCUT2D eigenvalue weighted by Crippen LogP contribution is -2.58. The Kier molecular flexibility index (Phi) is 5.02. The normalized spacial score (nSPS) is 19.3. The fourth-order valence-corrected chi connectivity index (χ4v) is 4.73. The predicted molar refractivity (Wildman–Crippen MR) is 104 cm³/mol. The van der Waals surface area contributed by atoms with Crippen molar-refractivity contribution in [3.63, 3.8) is 0 Å². The number of nitrogens with zero attached hydrogens (tertiary/aromatic N) is 4. The van der Waals surface area contributed by atoms with Crippen LogP contribution >= 0.6 is 0 Å². The van der Waals surface area contributed by atoms with Gasteiger partial charge in [0.25, 0.3) is 0 Å². The molecule has 1 spiro atoms. The van der Waals surface area contributed by atoms with Crippen LogP contribution in [0.5, 0.6) is 0 Å². The number of hydrogen-bond donors (Lipinski definition) is 0. The third kappa shape index (κ3) is 3.07. The van der Waals surface area contributed by atoms with Crippen LogP contribution in [0.3, 0.4) is 0 Å². The minimum absolute atomic E-state index is 0.0795. The summed E-state index contributed by atoms with van der Waals surface area (Å²) >= 11 is 0. The van der Waals surface area contributed by atoms with Crippen molar-refractivity contribution in [3.8, 4) is 11.3 Å². The maximum atomic E-state index is 12.2. The third-order valence-electron chi connectivity index (χ3n) is 6.13. The van der Waals surface area contributed by atoms with E-state index < -0.39 is 0 Å². The summed E-state index contributed by atoms with van der Waals surface area (Å²) in [7, 11) is 1.57. The number of carbonyl (C=O) groups excluding carboxylic acids is 1. The molecule has 0 atom stereocenters. The van der Waals surface area contributed by atoms with E-state index in [0.29, 0.717) is 0 Å². The van der Waals surface area contributed by atoms with Gasteiger partial charge in [-0.1, -0.05) is 37.3 Å². The quantitative estimate of drug-likeness (QED) is 0.831. The van der Waals surface area contributed by atoms with E-state index in [0.717, 1.165) is 51.4 Å². The summed E-state index contributed by atoms with van der Waals surface area (Å²) in [5, 5.41) is 0. The van der Waals surface area contributed by atoms with Crippen LogP contribution in [0, 0.1) is 0 Å². The van der Waals surface area contributed by atoms with E-state index in [2.05, 4.69) is 40.7 Å². The molecule has 1 fully saturated rings. The molecule has 0 bridgehead atoms. The average Bonchev–Trinajstić information content (AvgIpc) is 3.15. The first kappa shape index (κ1) is 18.2. The van der Waals surface area contributed by atoms with Crippen LogP contribution in [0.15, 0.2) is 36.5 Å². The van der Waals surface area contributed by atoms with E-state index >= 15 is 0 Å². The minimum atomic E-state index is -0.0795. The summed E-state index contributed by atoms with van der Waals surface area (Å²) in [5.74, 6) is 1.24. The molecule has 0 N–H and O–H groups in total. The molecule has 0 saturated carbocycles. The lowest BCUT2D eigenvalue weighted by molar-refractivity contribution is -0.138. The number of likely N-dealkylation sites (N-methyl/N-ethyl adjacent to an activating group) is 1. The number of carbonyl (C=O) groups is 1. The maximum Gasteiger partial charge on any atom is 0.248 e. The Morgan fingerprint density at radius 2 is 1.89 bits per heavy atom. The zero-order valence-corrected chi connectivity index (χ0v) is 16.2. The summed E-state index contributed by atoms with van der Waals surface area (Å²) in [6.07, 6.45) is 3.86. The lowest BCUT2D eigenvalue weighted by Gasteiger charge is -2.50. The molecular formula is C21H28N4O2. The first-order chi connectivity index (χ1) is 13.2. The summed E-state index contributed by atoms with van der Waals surface area (Å²) in [5.41, 5.74) is 2.33. The van der Waals surface area contributed by atoms with Crippen LogP contribution < -0.4 is 0 Å². The van der Waals surface area contributed by atoms with Crippen molar-refractivity contribution in [1.29, 1.82) is 0 Å². The summed E-state index contributed by atoms with van der Waals surface area (Å²) < 4.78 is 7.42. The van der Waals surface area contributed by atoms with E-state index in [-0.39, 0.29) is 18.1 Å². The van der Waals surface area contributed by atoms with Crippen LogP contribution in [-0.4, -0.2) is 65.2 Å². The Morgan fingerprint density at radius 1 is 1.15 bits per heavy atom. The molecule has 1 amide bonds. The predicted octanol–water partition coefficient (Wildman–Crippen LogP) is 2.35. The second-order valence-corrected chi connectivity index (χ2v) is 7.41. The van der Waals surface area contributed by atoms with E-state index in [1.165, 1.54) is 11.3 Å². The van der Waals surface area contributed by atoms with E-state index in [4.69, 9.17) is 9.72 Å². The monoisotopic (exact) mass is 368 g/mol. The number of likely N-dealkylation sites (tertiary alicyclic amines) is 1. The number of rotatable bonds is 4. The van der Waals surface area contributed by atoms with Gasteiger partial charge in [0.1, 0.15) is 12.4 Å². The third-order valence-corrected chi connectivity index (χ3v) is 6.13. The average molecular weight is 368 g/mol.